The summed E-state index contributed by atoms with van der Waals surface area (Å²) in [5.74, 6) is 1.71. The fourth-order valence-electron chi connectivity index (χ4n) is 3.00. The summed E-state index contributed by atoms with van der Waals surface area (Å²) in [5, 5.41) is 15.2. The van der Waals surface area contributed by atoms with E-state index < -0.39 is 0 Å². The predicted molar refractivity (Wildman–Crippen MR) is 87.8 cm³/mol. The fourth-order valence-corrected chi connectivity index (χ4v) is 3.00. The largest absolute Gasteiger partial charge is 0.356 e. The molecule has 0 amide bonds. The first-order valence-electron chi connectivity index (χ1n) is 7.99. The maximum atomic E-state index is 4.30. The van der Waals surface area contributed by atoms with Gasteiger partial charge in [0.2, 0.25) is 0 Å². The van der Waals surface area contributed by atoms with Crippen molar-refractivity contribution in [1.29, 1.82) is 0 Å². The van der Waals surface area contributed by atoms with Crippen LogP contribution in [0.25, 0.3) is 5.65 Å². The van der Waals surface area contributed by atoms with Gasteiger partial charge in [0.1, 0.15) is 0 Å². The molecule has 0 saturated heterocycles. The van der Waals surface area contributed by atoms with Crippen molar-refractivity contribution in [3.8, 4) is 0 Å². The Hall–Kier alpha value is -2.11. The molecule has 0 atom stereocenters. The lowest BCUT2D eigenvalue weighted by Gasteiger charge is -2.41. The SMILES string of the molecule is CCC1(CNC(=NC)NCc2nnc3ccccn23)CCC1. The zero-order valence-corrected chi connectivity index (χ0v) is 13.3. The standard InChI is InChI=1S/C16H24N6/c1-3-16(8-6-9-16)12-19-15(17-2)18-11-14-21-20-13-7-4-5-10-22(13)14/h4-5,7,10H,3,6,8-9,11-12H2,1-2H3,(H2,17,18,19). The predicted octanol–water partition coefficient (Wildman–Crippen LogP) is 1.97. The Morgan fingerprint density at radius 2 is 2.18 bits per heavy atom. The highest BCUT2D eigenvalue weighted by Crippen LogP contribution is 2.42. The third-order valence-corrected chi connectivity index (χ3v) is 4.82. The van der Waals surface area contributed by atoms with Crippen LogP contribution in [-0.4, -0.2) is 34.2 Å². The second-order valence-corrected chi connectivity index (χ2v) is 6.03. The number of aliphatic imine (C=N–C) groups is 1. The summed E-state index contributed by atoms with van der Waals surface area (Å²) in [6.07, 6.45) is 7.20. The number of aromatic nitrogens is 3. The Labute approximate surface area is 131 Å². The van der Waals surface area contributed by atoms with Crippen LogP contribution in [0.1, 0.15) is 38.4 Å². The first kappa shape index (κ1) is 14.8. The lowest BCUT2D eigenvalue weighted by atomic mass is 9.67. The average molecular weight is 300 g/mol. The summed E-state index contributed by atoms with van der Waals surface area (Å²) in [4.78, 5) is 4.30. The molecule has 3 rings (SSSR count). The second-order valence-electron chi connectivity index (χ2n) is 6.03. The summed E-state index contributed by atoms with van der Waals surface area (Å²) in [6.45, 7) is 3.87. The van der Waals surface area contributed by atoms with E-state index in [1.807, 2.05) is 28.8 Å². The van der Waals surface area contributed by atoms with Crippen molar-refractivity contribution in [2.45, 2.75) is 39.2 Å². The van der Waals surface area contributed by atoms with Crippen LogP contribution in [-0.2, 0) is 6.54 Å². The van der Waals surface area contributed by atoms with Crippen LogP contribution in [0.3, 0.4) is 0 Å². The summed E-state index contributed by atoms with van der Waals surface area (Å²) in [5.41, 5.74) is 1.33. The summed E-state index contributed by atoms with van der Waals surface area (Å²) in [7, 11) is 1.80. The summed E-state index contributed by atoms with van der Waals surface area (Å²) >= 11 is 0. The molecule has 1 aliphatic rings. The highest BCUT2D eigenvalue weighted by atomic mass is 15.3. The normalized spacial score (nSPS) is 17.3. The molecule has 0 radical (unpaired) electrons. The molecular formula is C16H24N6. The molecule has 2 aromatic rings. The molecule has 22 heavy (non-hydrogen) atoms. The van der Waals surface area contributed by atoms with E-state index in [1.54, 1.807) is 7.05 Å². The van der Waals surface area contributed by atoms with Crippen LogP contribution in [0, 0.1) is 5.41 Å². The van der Waals surface area contributed by atoms with Crippen molar-refractivity contribution in [3.63, 3.8) is 0 Å². The first-order valence-corrected chi connectivity index (χ1v) is 7.99. The third-order valence-electron chi connectivity index (χ3n) is 4.82. The Balaban J connectivity index is 1.57. The lowest BCUT2D eigenvalue weighted by molar-refractivity contribution is 0.131. The van der Waals surface area contributed by atoms with Crippen LogP contribution in [0.4, 0.5) is 0 Å². The lowest BCUT2D eigenvalue weighted by Crippen LogP contribution is -2.46. The number of nitrogens with zero attached hydrogens (tertiary/aromatic N) is 4. The molecule has 2 heterocycles. The van der Waals surface area contributed by atoms with Gasteiger partial charge < -0.3 is 10.6 Å². The zero-order chi connectivity index (χ0) is 15.4. The third kappa shape index (κ3) is 2.91. The molecule has 118 valence electrons. The van der Waals surface area contributed by atoms with Gasteiger partial charge in [-0.3, -0.25) is 9.39 Å². The van der Waals surface area contributed by atoms with Gasteiger partial charge in [-0.15, -0.1) is 10.2 Å². The van der Waals surface area contributed by atoms with Crippen molar-refractivity contribution in [2.24, 2.45) is 10.4 Å². The van der Waals surface area contributed by atoms with Crippen molar-refractivity contribution in [2.75, 3.05) is 13.6 Å². The van der Waals surface area contributed by atoms with Crippen LogP contribution < -0.4 is 10.6 Å². The molecule has 2 aromatic heterocycles. The Morgan fingerprint density at radius 3 is 2.86 bits per heavy atom. The molecule has 1 fully saturated rings. The van der Waals surface area contributed by atoms with Crippen LogP contribution in [0.5, 0.6) is 0 Å². The Kier molecular flexibility index (Phi) is 4.27. The number of fused-ring (bicyclic) bond motifs is 1. The van der Waals surface area contributed by atoms with Crippen molar-refractivity contribution in [3.05, 3.63) is 30.2 Å². The van der Waals surface area contributed by atoms with E-state index in [1.165, 1.54) is 25.7 Å². The topological polar surface area (TPSA) is 66.6 Å². The van der Waals surface area contributed by atoms with Gasteiger partial charge in [0.05, 0.1) is 6.54 Å². The summed E-state index contributed by atoms with van der Waals surface area (Å²) in [6, 6.07) is 5.89. The van der Waals surface area contributed by atoms with Crippen LogP contribution >= 0.6 is 0 Å². The number of guanidine groups is 1. The Morgan fingerprint density at radius 1 is 1.32 bits per heavy atom. The van der Waals surface area contributed by atoms with Crippen LogP contribution in [0.15, 0.2) is 29.4 Å². The van der Waals surface area contributed by atoms with Gasteiger partial charge in [-0.1, -0.05) is 19.4 Å². The Bertz CT molecular complexity index is 650. The van der Waals surface area contributed by atoms with E-state index in [0.717, 1.165) is 24.0 Å². The van der Waals surface area contributed by atoms with E-state index in [9.17, 15) is 0 Å². The zero-order valence-electron chi connectivity index (χ0n) is 13.3. The number of hydrogen-bond acceptors (Lipinski definition) is 3. The van der Waals surface area contributed by atoms with Crippen molar-refractivity contribution in [1.82, 2.24) is 25.2 Å². The highest BCUT2D eigenvalue weighted by Gasteiger charge is 2.34. The highest BCUT2D eigenvalue weighted by molar-refractivity contribution is 5.79. The van der Waals surface area contributed by atoms with Gasteiger partial charge in [0, 0.05) is 19.8 Å². The molecule has 1 aliphatic carbocycles. The van der Waals surface area contributed by atoms with Gasteiger partial charge in [-0.25, -0.2) is 0 Å². The quantitative estimate of drug-likeness (QED) is 0.654. The molecule has 0 unspecified atom stereocenters. The van der Waals surface area contributed by atoms with Crippen molar-refractivity contribution < 1.29 is 0 Å². The van der Waals surface area contributed by atoms with Gasteiger partial charge in [0.15, 0.2) is 17.4 Å². The van der Waals surface area contributed by atoms with Crippen molar-refractivity contribution >= 4 is 11.6 Å². The number of pyridine rings is 1. The maximum Gasteiger partial charge on any atom is 0.191 e. The molecule has 2 N–H and O–H groups in total. The van der Waals surface area contributed by atoms with E-state index in [0.29, 0.717) is 12.0 Å². The van der Waals surface area contributed by atoms with Gasteiger partial charge in [-0.2, -0.15) is 0 Å². The van der Waals surface area contributed by atoms with E-state index in [2.05, 4.69) is 32.7 Å². The fraction of sp³-hybridized carbons (Fsp3) is 0.562. The van der Waals surface area contributed by atoms with E-state index in [-0.39, 0.29) is 0 Å². The van der Waals surface area contributed by atoms with E-state index >= 15 is 0 Å². The average Bonchev–Trinajstić information content (AvgIpc) is 2.93. The van der Waals surface area contributed by atoms with E-state index in [4.69, 9.17) is 0 Å². The molecular weight excluding hydrogens is 276 g/mol. The minimum Gasteiger partial charge on any atom is -0.356 e. The second kappa shape index (κ2) is 6.34. The summed E-state index contributed by atoms with van der Waals surface area (Å²) < 4.78 is 1.99. The molecule has 1 saturated carbocycles. The van der Waals surface area contributed by atoms with Gasteiger partial charge >= 0.3 is 0 Å². The minimum atomic E-state index is 0.471. The van der Waals surface area contributed by atoms with Gasteiger partial charge in [-0.05, 0) is 36.8 Å². The molecule has 0 bridgehead atoms. The number of hydrogen-bond donors (Lipinski definition) is 2. The molecule has 0 aromatic carbocycles. The maximum absolute atomic E-state index is 4.30. The monoisotopic (exact) mass is 300 g/mol. The molecule has 0 spiro atoms. The molecule has 6 nitrogen and oxygen atoms in total. The van der Waals surface area contributed by atoms with Gasteiger partial charge in [0.25, 0.3) is 0 Å². The number of nitrogens with one attached hydrogen (secondary N) is 2. The first-order chi connectivity index (χ1) is 10.8. The number of rotatable bonds is 5. The molecule has 6 heteroatoms. The molecule has 0 aliphatic heterocycles. The smallest absolute Gasteiger partial charge is 0.191 e. The van der Waals surface area contributed by atoms with Crippen LogP contribution in [0.2, 0.25) is 0 Å². The minimum absolute atomic E-state index is 0.471.